The lowest BCUT2D eigenvalue weighted by molar-refractivity contribution is -0.150. The summed E-state index contributed by atoms with van der Waals surface area (Å²) in [4.78, 5) is 43.6. The first-order valence-corrected chi connectivity index (χ1v) is 17.4. The minimum atomic E-state index is -4.25. The van der Waals surface area contributed by atoms with Gasteiger partial charge in [0.05, 0.1) is 37.3 Å². The van der Waals surface area contributed by atoms with E-state index in [-0.39, 0.29) is 47.9 Å². The fraction of sp³-hybridized carbons (Fsp3) is 0.541. The summed E-state index contributed by atoms with van der Waals surface area (Å²) in [5, 5.41) is 3.62. The van der Waals surface area contributed by atoms with Crippen LogP contribution < -0.4 is 5.32 Å². The van der Waals surface area contributed by atoms with E-state index < -0.39 is 18.5 Å². The molecule has 3 aromatic rings. The molecule has 1 aliphatic carbocycles. The number of nitrogens with zero attached hydrogens (tertiary/aromatic N) is 4. The van der Waals surface area contributed by atoms with E-state index in [0.717, 1.165) is 42.9 Å². The molecule has 3 fully saturated rings. The summed E-state index contributed by atoms with van der Waals surface area (Å²) in [6.45, 7) is 3.01. The number of amides is 2. The SMILES string of the molecule is Cc1cc(CC(=O)N2C[C@@H](N3CCN(CC(F)(F)F)CC3)C[C@H]2CO[C@H]2CC[C@H](C=O)CC2)c(F)cc1NC(=O)c1cn(C)c2ccccc12. The van der Waals surface area contributed by atoms with Gasteiger partial charge >= 0.3 is 6.18 Å². The van der Waals surface area contributed by atoms with Gasteiger partial charge in [-0.25, -0.2) is 4.39 Å². The maximum Gasteiger partial charge on any atom is 0.401 e. The quantitative estimate of drug-likeness (QED) is 0.227. The Hall–Kier alpha value is -3.81. The molecule has 2 aliphatic heterocycles. The van der Waals surface area contributed by atoms with Crippen LogP contribution in [-0.2, 0) is 27.8 Å². The molecule has 0 bridgehead atoms. The van der Waals surface area contributed by atoms with Crippen molar-refractivity contribution in [2.75, 3.05) is 51.2 Å². The lowest BCUT2D eigenvalue weighted by Gasteiger charge is -2.38. The van der Waals surface area contributed by atoms with Crippen LogP contribution in [0.2, 0.25) is 0 Å². The molecule has 0 unspecified atom stereocenters. The van der Waals surface area contributed by atoms with E-state index in [9.17, 15) is 27.6 Å². The third-order valence-corrected chi connectivity index (χ3v) is 10.6. The van der Waals surface area contributed by atoms with Crippen LogP contribution in [0.25, 0.3) is 10.9 Å². The van der Waals surface area contributed by atoms with Gasteiger partial charge in [0.1, 0.15) is 12.1 Å². The predicted octanol–water partition coefficient (Wildman–Crippen LogP) is 5.34. The number of benzene rings is 2. The number of hydrogen-bond donors (Lipinski definition) is 1. The number of halogens is 4. The normalized spacial score (nSPS) is 23.8. The summed E-state index contributed by atoms with van der Waals surface area (Å²) in [5.41, 5.74) is 2.52. The number of alkyl halides is 3. The molecule has 2 saturated heterocycles. The van der Waals surface area contributed by atoms with E-state index in [4.69, 9.17) is 4.74 Å². The fourth-order valence-corrected chi connectivity index (χ4v) is 7.79. The Morgan fingerprint density at radius 2 is 1.76 bits per heavy atom. The van der Waals surface area contributed by atoms with Gasteiger partial charge in [-0.15, -0.1) is 0 Å². The van der Waals surface area contributed by atoms with Crippen LogP contribution in [0.5, 0.6) is 0 Å². The highest BCUT2D eigenvalue weighted by atomic mass is 19.4. The average Bonchev–Trinajstić information content (AvgIpc) is 3.67. The number of fused-ring (bicyclic) bond motifs is 1. The summed E-state index contributed by atoms with van der Waals surface area (Å²) < 4.78 is 62.6. The zero-order valence-corrected chi connectivity index (χ0v) is 28.6. The molecule has 3 heterocycles. The first kappa shape index (κ1) is 36.0. The van der Waals surface area contributed by atoms with Crippen LogP contribution in [-0.4, -0.2) is 108 Å². The Balaban J connectivity index is 1.12. The van der Waals surface area contributed by atoms with Gasteiger partial charge in [0.15, 0.2) is 0 Å². The summed E-state index contributed by atoms with van der Waals surface area (Å²) in [7, 11) is 1.85. The molecule has 1 N–H and O–H groups in total. The molecule has 2 atom stereocenters. The number of carbonyl (C=O) groups excluding carboxylic acids is 3. The van der Waals surface area contributed by atoms with E-state index in [1.165, 1.54) is 11.0 Å². The van der Waals surface area contributed by atoms with Crippen LogP contribution in [0.1, 0.15) is 53.6 Å². The minimum Gasteiger partial charge on any atom is -0.376 e. The zero-order valence-electron chi connectivity index (χ0n) is 28.6. The fourth-order valence-electron chi connectivity index (χ4n) is 7.79. The number of aryl methyl sites for hydroxylation is 2. The number of nitrogens with one attached hydrogen (secondary N) is 1. The van der Waals surface area contributed by atoms with Gasteiger partial charge in [0.2, 0.25) is 5.91 Å². The number of anilines is 1. The van der Waals surface area contributed by atoms with Gasteiger partial charge in [-0.2, -0.15) is 13.2 Å². The smallest absolute Gasteiger partial charge is 0.376 e. The first-order chi connectivity index (χ1) is 23.9. The van der Waals surface area contributed by atoms with Crippen molar-refractivity contribution in [3.63, 3.8) is 0 Å². The molecule has 0 radical (unpaired) electrons. The van der Waals surface area contributed by atoms with Crippen molar-refractivity contribution in [2.24, 2.45) is 13.0 Å². The molecule has 1 saturated carbocycles. The van der Waals surface area contributed by atoms with E-state index in [0.29, 0.717) is 62.6 Å². The Morgan fingerprint density at radius 1 is 1.04 bits per heavy atom. The summed E-state index contributed by atoms with van der Waals surface area (Å²) >= 11 is 0. The number of carbonyl (C=O) groups is 3. The molecule has 270 valence electrons. The molecular weight excluding hydrogens is 654 g/mol. The highest BCUT2D eigenvalue weighted by Crippen LogP contribution is 2.30. The maximum atomic E-state index is 15.6. The van der Waals surface area contributed by atoms with Crippen molar-refractivity contribution in [3.8, 4) is 0 Å². The third kappa shape index (κ3) is 8.38. The van der Waals surface area contributed by atoms with E-state index in [1.807, 2.05) is 35.9 Å². The highest BCUT2D eigenvalue weighted by molar-refractivity contribution is 6.13. The number of likely N-dealkylation sites (tertiary alicyclic amines) is 1. The molecule has 50 heavy (non-hydrogen) atoms. The number of piperazine rings is 1. The molecule has 2 amide bonds. The largest absolute Gasteiger partial charge is 0.401 e. The van der Waals surface area contributed by atoms with Crippen molar-refractivity contribution >= 4 is 34.7 Å². The number of rotatable bonds is 10. The molecule has 1 aromatic heterocycles. The van der Waals surface area contributed by atoms with Crippen LogP contribution in [0, 0.1) is 18.7 Å². The summed E-state index contributed by atoms with van der Waals surface area (Å²) in [5.74, 6) is -1.17. The van der Waals surface area contributed by atoms with Gasteiger partial charge in [0, 0.05) is 74.5 Å². The lowest BCUT2D eigenvalue weighted by Crippen LogP contribution is -2.52. The van der Waals surface area contributed by atoms with Crippen LogP contribution in [0.15, 0.2) is 42.6 Å². The van der Waals surface area contributed by atoms with Crippen LogP contribution in [0.3, 0.4) is 0 Å². The minimum absolute atomic E-state index is 0.00941. The molecule has 13 heteroatoms. The molecular formula is C37H45F4N5O4. The second kappa shape index (κ2) is 15.2. The van der Waals surface area contributed by atoms with Gasteiger partial charge in [-0.05, 0) is 62.3 Å². The Bertz CT molecular complexity index is 1690. The van der Waals surface area contributed by atoms with Crippen molar-refractivity contribution < 1.29 is 36.7 Å². The predicted molar refractivity (Wildman–Crippen MR) is 181 cm³/mol. The van der Waals surface area contributed by atoms with Crippen molar-refractivity contribution in [1.82, 2.24) is 19.3 Å². The van der Waals surface area contributed by atoms with Gasteiger partial charge in [-0.3, -0.25) is 19.4 Å². The monoisotopic (exact) mass is 699 g/mol. The van der Waals surface area contributed by atoms with Crippen LogP contribution in [0.4, 0.5) is 23.2 Å². The van der Waals surface area contributed by atoms with Gasteiger partial charge in [0.25, 0.3) is 5.91 Å². The van der Waals surface area contributed by atoms with Crippen LogP contribution >= 0.6 is 0 Å². The van der Waals surface area contributed by atoms with Gasteiger partial charge < -0.3 is 24.3 Å². The highest BCUT2D eigenvalue weighted by Gasteiger charge is 2.40. The summed E-state index contributed by atoms with van der Waals surface area (Å²) in [6, 6.07) is 10.1. The maximum absolute atomic E-state index is 15.6. The number of hydrogen-bond acceptors (Lipinski definition) is 6. The number of aldehydes is 1. The van der Waals surface area contributed by atoms with Crippen molar-refractivity contribution in [3.05, 3.63) is 65.1 Å². The Kier molecular flexibility index (Phi) is 10.9. The Labute approximate surface area is 289 Å². The molecule has 9 nitrogen and oxygen atoms in total. The first-order valence-electron chi connectivity index (χ1n) is 17.4. The molecule has 2 aromatic carbocycles. The average molecular weight is 700 g/mol. The molecule has 0 spiro atoms. The second-order valence-corrected chi connectivity index (χ2v) is 14.1. The zero-order chi connectivity index (χ0) is 35.6. The van der Waals surface area contributed by atoms with Crippen molar-refractivity contribution in [2.45, 2.75) is 69.8 Å². The third-order valence-electron chi connectivity index (χ3n) is 10.6. The van der Waals surface area contributed by atoms with E-state index in [1.54, 1.807) is 24.1 Å². The topological polar surface area (TPSA) is 87.1 Å². The van der Waals surface area contributed by atoms with Crippen molar-refractivity contribution in [1.29, 1.82) is 0 Å². The lowest BCUT2D eigenvalue weighted by atomic mass is 9.88. The van der Waals surface area contributed by atoms with Gasteiger partial charge in [-0.1, -0.05) is 24.3 Å². The van der Waals surface area contributed by atoms with E-state index >= 15 is 4.39 Å². The Morgan fingerprint density at radius 3 is 2.46 bits per heavy atom. The van der Waals surface area contributed by atoms with E-state index in [2.05, 4.69) is 10.2 Å². The molecule has 6 rings (SSSR count). The standard InChI is InChI=1S/C37H45F4N5O4/c1-24-15-26(32(38)18-33(24)42-36(49)31-20-43(2)34-6-4-3-5-30(31)34)16-35(48)46-19-27(45-13-11-44(12-14-45)23-37(39,40)41)17-28(46)22-50-29-9-7-25(21-47)8-10-29/h3-6,15,18,20-21,25,27-29H,7-14,16-17,19,22-23H2,1-2H3,(H,42,49)/t25-,27-,28-,29-/m0/s1. The summed E-state index contributed by atoms with van der Waals surface area (Å²) in [6.07, 6.45) is 1.97. The number of aromatic nitrogens is 1. The number of ether oxygens (including phenoxy) is 1. The number of para-hydroxylation sites is 1. The second-order valence-electron chi connectivity index (χ2n) is 14.1. The molecule has 3 aliphatic rings.